The van der Waals surface area contributed by atoms with Crippen LogP contribution in [0.3, 0.4) is 0 Å². The van der Waals surface area contributed by atoms with Crippen LogP contribution in [0.15, 0.2) is 24.3 Å². The molecule has 104 valence electrons. The van der Waals surface area contributed by atoms with Crippen molar-refractivity contribution in [2.45, 2.75) is 25.4 Å². The molecule has 1 N–H and O–H groups in total. The van der Waals surface area contributed by atoms with Gasteiger partial charge in [-0.25, -0.2) is 4.39 Å². The minimum Gasteiger partial charge on any atom is -0.396 e. The molecule has 2 rings (SSSR count). The largest absolute Gasteiger partial charge is 0.396 e. The lowest BCUT2D eigenvalue weighted by Crippen LogP contribution is -2.60. The lowest BCUT2D eigenvalue weighted by Gasteiger charge is -2.42. The highest BCUT2D eigenvalue weighted by Gasteiger charge is 2.36. The van der Waals surface area contributed by atoms with E-state index in [1.807, 2.05) is 18.9 Å². The second-order valence-electron chi connectivity index (χ2n) is 4.97. The van der Waals surface area contributed by atoms with E-state index in [2.05, 4.69) is 0 Å². The summed E-state index contributed by atoms with van der Waals surface area (Å²) in [7, 11) is 1.89. The fourth-order valence-electron chi connectivity index (χ4n) is 2.45. The Bertz CT molecular complexity index is 449. The first kappa shape index (κ1) is 14.0. The molecule has 0 saturated carbocycles. The van der Waals surface area contributed by atoms with E-state index < -0.39 is 0 Å². The number of hydrogen-bond donors (Lipinski definition) is 1. The third-order valence-corrected chi connectivity index (χ3v) is 3.73. The summed E-state index contributed by atoms with van der Waals surface area (Å²) in [6.07, 6.45) is 0.414. The summed E-state index contributed by atoms with van der Waals surface area (Å²) >= 11 is 0. The van der Waals surface area contributed by atoms with Crippen LogP contribution in [0.5, 0.6) is 0 Å². The number of halogens is 1. The summed E-state index contributed by atoms with van der Waals surface area (Å²) < 4.78 is 12.9. The molecule has 0 aliphatic carbocycles. The SMILES string of the molecule is CC1CN(c2ccc(F)cc2)C(=O)C(CCO)N1C. The molecule has 2 unspecified atom stereocenters. The van der Waals surface area contributed by atoms with Crippen LogP contribution in [-0.2, 0) is 4.79 Å². The molecule has 1 saturated heterocycles. The Hall–Kier alpha value is -1.46. The number of aliphatic hydroxyl groups is 1. The van der Waals surface area contributed by atoms with Crippen molar-refractivity contribution >= 4 is 11.6 Å². The zero-order chi connectivity index (χ0) is 14.0. The van der Waals surface area contributed by atoms with Crippen LogP contribution in [0.1, 0.15) is 13.3 Å². The number of likely N-dealkylation sites (N-methyl/N-ethyl adjacent to an activating group) is 1. The first-order valence-corrected chi connectivity index (χ1v) is 6.44. The molecular formula is C14H19FN2O2. The highest BCUT2D eigenvalue weighted by atomic mass is 19.1. The molecular weight excluding hydrogens is 247 g/mol. The third kappa shape index (κ3) is 2.77. The van der Waals surface area contributed by atoms with E-state index in [1.54, 1.807) is 17.0 Å². The van der Waals surface area contributed by atoms with Crippen molar-refractivity contribution in [3.63, 3.8) is 0 Å². The Balaban J connectivity index is 2.25. The molecule has 1 aromatic rings. The topological polar surface area (TPSA) is 43.8 Å². The second-order valence-corrected chi connectivity index (χ2v) is 4.97. The van der Waals surface area contributed by atoms with Gasteiger partial charge in [-0.3, -0.25) is 9.69 Å². The van der Waals surface area contributed by atoms with Crippen molar-refractivity contribution in [3.8, 4) is 0 Å². The van der Waals surface area contributed by atoms with Crippen LogP contribution >= 0.6 is 0 Å². The number of carbonyl (C=O) groups is 1. The molecule has 0 aromatic heterocycles. The summed E-state index contributed by atoms with van der Waals surface area (Å²) in [5.74, 6) is -0.355. The van der Waals surface area contributed by atoms with Gasteiger partial charge in [0.25, 0.3) is 0 Å². The number of anilines is 1. The maximum Gasteiger partial charge on any atom is 0.244 e. The van der Waals surface area contributed by atoms with Crippen molar-refractivity contribution in [2.24, 2.45) is 0 Å². The van der Waals surface area contributed by atoms with Gasteiger partial charge >= 0.3 is 0 Å². The van der Waals surface area contributed by atoms with Crippen molar-refractivity contribution < 1.29 is 14.3 Å². The average molecular weight is 266 g/mol. The lowest BCUT2D eigenvalue weighted by molar-refractivity contribution is -0.127. The number of nitrogens with zero attached hydrogens (tertiary/aromatic N) is 2. The van der Waals surface area contributed by atoms with Gasteiger partial charge in [-0.15, -0.1) is 0 Å². The molecule has 0 bridgehead atoms. The molecule has 0 spiro atoms. The number of piperazine rings is 1. The van der Waals surface area contributed by atoms with Gasteiger partial charge in [0.1, 0.15) is 5.82 Å². The van der Waals surface area contributed by atoms with E-state index >= 15 is 0 Å². The van der Waals surface area contributed by atoms with Gasteiger partial charge in [0, 0.05) is 24.9 Å². The predicted octanol–water partition coefficient (Wildman–Crippen LogP) is 1.24. The summed E-state index contributed by atoms with van der Waals surface area (Å²) in [6, 6.07) is 5.81. The van der Waals surface area contributed by atoms with Gasteiger partial charge in [0.2, 0.25) is 5.91 Å². The van der Waals surface area contributed by atoms with Gasteiger partial charge in [-0.05, 0) is 44.7 Å². The molecule has 1 aromatic carbocycles. The quantitative estimate of drug-likeness (QED) is 0.895. The Kier molecular flexibility index (Phi) is 4.17. The van der Waals surface area contributed by atoms with Crippen molar-refractivity contribution in [2.75, 3.05) is 25.1 Å². The minimum absolute atomic E-state index is 0.0231. The number of benzene rings is 1. The van der Waals surface area contributed by atoms with Crippen molar-refractivity contribution in [1.82, 2.24) is 4.90 Å². The Morgan fingerprint density at radius 2 is 2.00 bits per heavy atom. The summed E-state index contributed by atoms with van der Waals surface area (Å²) in [6.45, 7) is 2.58. The smallest absolute Gasteiger partial charge is 0.244 e. The van der Waals surface area contributed by atoms with Crippen molar-refractivity contribution in [3.05, 3.63) is 30.1 Å². The minimum atomic E-state index is -0.321. The summed E-state index contributed by atoms with van der Waals surface area (Å²) in [5.41, 5.74) is 0.703. The van der Waals surface area contributed by atoms with Crippen LogP contribution < -0.4 is 4.90 Å². The standard InChI is InChI=1S/C14H19FN2O2/c1-10-9-17(12-5-3-11(15)4-6-12)14(19)13(7-8-18)16(10)2/h3-6,10,13,18H,7-9H2,1-2H3. The fourth-order valence-corrected chi connectivity index (χ4v) is 2.45. The molecule has 1 fully saturated rings. The third-order valence-electron chi connectivity index (χ3n) is 3.73. The van der Waals surface area contributed by atoms with Crippen LogP contribution in [0.2, 0.25) is 0 Å². The Labute approximate surface area is 112 Å². The Morgan fingerprint density at radius 3 is 2.58 bits per heavy atom. The second kappa shape index (κ2) is 5.67. The molecule has 19 heavy (non-hydrogen) atoms. The highest BCUT2D eigenvalue weighted by molar-refractivity contribution is 5.98. The Morgan fingerprint density at radius 1 is 1.37 bits per heavy atom. The van der Waals surface area contributed by atoms with E-state index in [4.69, 9.17) is 5.11 Å². The highest BCUT2D eigenvalue weighted by Crippen LogP contribution is 2.24. The van der Waals surface area contributed by atoms with E-state index in [-0.39, 0.29) is 30.4 Å². The van der Waals surface area contributed by atoms with E-state index in [0.717, 1.165) is 0 Å². The lowest BCUT2D eigenvalue weighted by atomic mass is 10.0. The summed E-state index contributed by atoms with van der Waals surface area (Å²) in [4.78, 5) is 16.1. The molecule has 4 nitrogen and oxygen atoms in total. The molecule has 5 heteroatoms. The van der Waals surface area contributed by atoms with E-state index in [1.165, 1.54) is 12.1 Å². The number of amides is 1. The van der Waals surface area contributed by atoms with Gasteiger partial charge in [-0.1, -0.05) is 0 Å². The summed E-state index contributed by atoms with van der Waals surface area (Å²) in [5, 5.41) is 9.09. The van der Waals surface area contributed by atoms with Crippen LogP contribution in [0, 0.1) is 5.82 Å². The van der Waals surface area contributed by atoms with Gasteiger partial charge in [0.15, 0.2) is 0 Å². The van der Waals surface area contributed by atoms with Gasteiger partial charge < -0.3 is 10.0 Å². The molecule has 1 amide bonds. The predicted molar refractivity (Wildman–Crippen MR) is 71.5 cm³/mol. The van der Waals surface area contributed by atoms with Gasteiger partial charge in [0.05, 0.1) is 6.04 Å². The number of rotatable bonds is 3. The van der Waals surface area contributed by atoms with Crippen molar-refractivity contribution in [1.29, 1.82) is 0 Å². The van der Waals surface area contributed by atoms with Gasteiger partial charge in [-0.2, -0.15) is 0 Å². The average Bonchev–Trinajstić information content (AvgIpc) is 2.40. The zero-order valence-electron chi connectivity index (χ0n) is 11.2. The molecule has 1 aliphatic rings. The van der Waals surface area contributed by atoms with E-state index in [9.17, 15) is 9.18 Å². The number of aliphatic hydroxyl groups excluding tert-OH is 1. The van der Waals surface area contributed by atoms with E-state index in [0.29, 0.717) is 18.7 Å². The number of hydrogen-bond acceptors (Lipinski definition) is 3. The number of carbonyl (C=O) groups excluding carboxylic acids is 1. The maximum atomic E-state index is 12.9. The first-order valence-electron chi connectivity index (χ1n) is 6.44. The maximum absolute atomic E-state index is 12.9. The molecule has 0 radical (unpaired) electrons. The molecule has 1 aliphatic heterocycles. The zero-order valence-corrected chi connectivity index (χ0v) is 11.2. The van der Waals surface area contributed by atoms with Crippen LogP contribution in [0.25, 0.3) is 0 Å². The fraction of sp³-hybridized carbons (Fsp3) is 0.500. The van der Waals surface area contributed by atoms with Crippen LogP contribution in [-0.4, -0.2) is 48.2 Å². The van der Waals surface area contributed by atoms with Crippen LogP contribution in [0.4, 0.5) is 10.1 Å². The first-order chi connectivity index (χ1) is 9.04. The molecule has 2 atom stereocenters. The normalized spacial score (nSPS) is 24.8. The molecule has 1 heterocycles. The monoisotopic (exact) mass is 266 g/mol.